The van der Waals surface area contributed by atoms with Gasteiger partial charge in [-0.3, -0.25) is 10.1 Å². The first-order chi connectivity index (χ1) is 7.06. The van der Waals surface area contributed by atoms with E-state index in [1.54, 1.807) is 0 Å². The highest BCUT2D eigenvalue weighted by Gasteiger charge is 2.16. The number of nitrogens with zero attached hydrogens (tertiary/aromatic N) is 1. The molecule has 0 aromatic heterocycles. The minimum Gasteiger partial charge on any atom is -0.492 e. The quantitative estimate of drug-likeness (QED) is 0.604. The molecule has 15 heavy (non-hydrogen) atoms. The van der Waals surface area contributed by atoms with Gasteiger partial charge in [0.2, 0.25) is 0 Å². The fourth-order valence-electron chi connectivity index (χ4n) is 0.981. The van der Waals surface area contributed by atoms with Gasteiger partial charge in [0.25, 0.3) is 5.69 Å². The van der Waals surface area contributed by atoms with Crippen LogP contribution in [0.25, 0.3) is 0 Å². The molecule has 0 spiro atoms. The molecule has 0 heterocycles. The first-order valence-electron chi connectivity index (χ1n) is 4.32. The second-order valence-electron chi connectivity index (χ2n) is 2.84. The van der Waals surface area contributed by atoms with Gasteiger partial charge < -0.3 is 4.74 Å². The Morgan fingerprint density at radius 2 is 2.07 bits per heavy atom. The van der Waals surface area contributed by atoms with Crippen LogP contribution in [0.2, 0.25) is 10.0 Å². The highest BCUT2D eigenvalue weighted by Crippen LogP contribution is 2.35. The number of hydrogen-bond acceptors (Lipinski definition) is 3. The van der Waals surface area contributed by atoms with Gasteiger partial charge in [0.05, 0.1) is 22.6 Å². The molecule has 0 aliphatic carbocycles. The van der Waals surface area contributed by atoms with Crippen molar-refractivity contribution >= 4 is 28.9 Å². The van der Waals surface area contributed by atoms with E-state index in [9.17, 15) is 10.1 Å². The lowest BCUT2D eigenvalue weighted by Crippen LogP contribution is -1.97. The SMILES string of the molecule is CCCOc1cc([N+](=O)[O-])c(Cl)cc1Cl. The molecule has 0 amide bonds. The van der Waals surface area contributed by atoms with E-state index in [4.69, 9.17) is 27.9 Å². The zero-order chi connectivity index (χ0) is 11.4. The molecular weight excluding hydrogens is 241 g/mol. The molecule has 82 valence electrons. The number of benzene rings is 1. The second kappa shape index (κ2) is 5.19. The molecule has 4 nitrogen and oxygen atoms in total. The maximum atomic E-state index is 10.6. The number of ether oxygens (including phenoxy) is 1. The first kappa shape index (κ1) is 12.1. The molecule has 1 aromatic carbocycles. The summed E-state index contributed by atoms with van der Waals surface area (Å²) in [6.07, 6.45) is 0.798. The van der Waals surface area contributed by atoms with Crippen molar-refractivity contribution in [2.45, 2.75) is 13.3 Å². The van der Waals surface area contributed by atoms with Gasteiger partial charge in [-0.05, 0) is 12.5 Å². The van der Waals surface area contributed by atoms with Crippen LogP contribution in [0.1, 0.15) is 13.3 Å². The Balaban J connectivity index is 3.06. The summed E-state index contributed by atoms with van der Waals surface area (Å²) in [7, 11) is 0. The zero-order valence-electron chi connectivity index (χ0n) is 8.00. The molecule has 6 heteroatoms. The van der Waals surface area contributed by atoms with Crippen LogP contribution >= 0.6 is 23.2 Å². The van der Waals surface area contributed by atoms with Crippen LogP contribution in [-0.2, 0) is 0 Å². The maximum Gasteiger partial charge on any atom is 0.291 e. The molecular formula is C9H9Cl2NO3. The van der Waals surface area contributed by atoms with Gasteiger partial charge in [-0.2, -0.15) is 0 Å². The van der Waals surface area contributed by atoms with E-state index in [1.165, 1.54) is 12.1 Å². The van der Waals surface area contributed by atoms with Crippen molar-refractivity contribution in [3.63, 3.8) is 0 Å². The van der Waals surface area contributed by atoms with Crippen molar-refractivity contribution in [2.75, 3.05) is 6.61 Å². The normalized spacial score (nSPS) is 10.1. The minimum atomic E-state index is -0.572. The van der Waals surface area contributed by atoms with Crippen molar-refractivity contribution in [1.82, 2.24) is 0 Å². The number of nitro groups is 1. The Morgan fingerprint density at radius 3 is 2.60 bits per heavy atom. The summed E-state index contributed by atoms with van der Waals surface area (Å²) in [6.45, 7) is 2.39. The third kappa shape index (κ3) is 2.97. The van der Waals surface area contributed by atoms with Crippen LogP contribution < -0.4 is 4.74 Å². The summed E-state index contributed by atoms with van der Waals surface area (Å²) in [5.74, 6) is 0.287. The van der Waals surface area contributed by atoms with Crippen molar-refractivity contribution < 1.29 is 9.66 Å². The molecule has 0 saturated carbocycles. The van der Waals surface area contributed by atoms with Crippen LogP contribution in [0, 0.1) is 10.1 Å². The van der Waals surface area contributed by atoms with E-state index in [0.29, 0.717) is 6.61 Å². The van der Waals surface area contributed by atoms with Gasteiger partial charge in [-0.1, -0.05) is 30.1 Å². The molecule has 1 rings (SSSR count). The number of hydrogen-bond donors (Lipinski definition) is 0. The summed E-state index contributed by atoms with van der Waals surface area (Å²) >= 11 is 11.5. The molecule has 0 aliphatic heterocycles. The third-order valence-electron chi connectivity index (χ3n) is 1.66. The fourth-order valence-corrected chi connectivity index (χ4v) is 1.49. The van der Waals surface area contributed by atoms with Gasteiger partial charge in [0, 0.05) is 0 Å². The van der Waals surface area contributed by atoms with Crippen molar-refractivity contribution in [2.24, 2.45) is 0 Å². The molecule has 0 fully saturated rings. The molecule has 0 atom stereocenters. The Labute approximate surface area is 96.9 Å². The molecule has 1 aromatic rings. The second-order valence-corrected chi connectivity index (χ2v) is 3.65. The molecule has 0 aliphatic rings. The van der Waals surface area contributed by atoms with Gasteiger partial charge in [0.15, 0.2) is 0 Å². The highest BCUT2D eigenvalue weighted by atomic mass is 35.5. The summed E-state index contributed by atoms with van der Waals surface area (Å²) < 4.78 is 5.24. The Hall–Kier alpha value is -1.000. The Morgan fingerprint density at radius 1 is 1.40 bits per heavy atom. The fraction of sp³-hybridized carbons (Fsp3) is 0.333. The number of halogens is 2. The lowest BCUT2D eigenvalue weighted by Gasteiger charge is -2.06. The smallest absolute Gasteiger partial charge is 0.291 e. The largest absolute Gasteiger partial charge is 0.492 e. The zero-order valence-corrected chi connectivity index (χ0v) is 9.51. The van der Waals surface area contributed by atoms with Crippen molar-refractivity contribution in [3.05, 3.63) is 32.3 Å². The van der Waals surface area contributed by atoms with Gasteiger partial charge in [-0.15, -0.1) is 0 Å². The average Bonchev–Trinajstić information content (AvgIpc) is 2.16. The minimum absolute atomic E-state index is 0.00819. The number of nitro benzene ring substituents is 1. The summed E-state index contributed by atoms with van der Waals surface area (Å²) in [5.41, 5.74) is -0.202. The summed E-state index contributed by atoms with van der Waals surface area (Å²) in [5, 5.41) is 10.9. The van der Waals surface area contributed by atoms with Gasteiger partial charge in [-0.25, -0.2) is 0 Å². The molecule has 0 radical (unpaired) electrons. The van der Waals surface area contributed by atoms with E-state index in [0.717, 1.165) is 6.42 Å². The molecule has 0 N–H and O–H groups in total. The van der Waals surface area contributed by atoms with Crippen LogP contribution in [0.15, 0.2) is 12.1 Å². The Bertz CT molecular complexity index is 382. The summed E-state index contributed by atoms with van der Waals surface area (Å²) in [4.78, 5) is 10.0. The third-order valence-corrected chi connectivity index (χ3v) is 2.26. The van der Waals surface area contributed by atoms with Crippen LogP contribution in [-0.4, -0.2) is 11.5 Å². The molecule has 0 unspecified atom stereocenters. The van der Waals surface area contributed by atoms with Gasteiger partial charge in [0.1, 0.15) is 10.8 Å². The van der Waals surface area contributed by atoms with Crippen LogP contribution in [0.5, 0.6) is 5.75 Å². The van der Waals surface area contributed by atoms with E-state index >= 15 is 0 Å². The van der Waals surface area contributed by atoms with E-state index in [-0.39, 0.29) is 21.5 Å². The maximum absolute atomic E-state index is 10.6. The predicted molar refractivity (Wildman–Crippen MR) is 58.9 cm³/mol. The summed E-state index contributed by atoms with van der Waals surface area (Å²) in [6, 6.07) is 2.55. The van der Waals surface area contributed by atoms with E-state index < -0.39 is 4.92 Å². The molecule has 0 bridgehead atoms. The van der Waals surface area contributed by atoms with Crippen molar-refractivity contribution in [1.29, 1.82) is 0 Å². The standard InChI is InChI=1S/C9H9Cl2NO3/c1-2-3-15-9-5-8(12(13)14)6(10)4-7(9)11/h4-5H,2-3H2,1H3. The van der Waals surface area contributed by atoms with Crippen LogP contribution in [0.3, 0.4) is 0 Å². The lowest BCUT2D eigenvalue weighted by molar-refractivity contribution is -0.384. The lowest BCUT2D eigenvalue weighted by atomic mass is 10.3. The average molecular weight is 250 g/mol. The predicted octanol–water partition coefficient (Wildman–Crippen LogP) is 3.69. The molecule has 0 saturated heterocycles. The highest BCUT2D eigenvalue weighted by molar-refractivity contribution is 6.36. The van der Waals surface area contributed by atoms with Crippen LogP contribution in [0.4, 0.5) is 5.69 Å². The number of rotatable bonds is 4. The van der Waals surface area contributed by atoms with E-state index in [1.807, 2.05) is 6.92 Å². The monoisotopic (exact) mass is 249 g/mol. The van der Waals surface area contributed by atoms with Crippen molar-refractivity contribution in [3.8, 4) is 5.75 Å². The Kier molecular flexibility index (Phi) is 4.17. The van der Waals surface area contributed by atoms with E-state index in [2.05, 4.69) is 0 Å². The van der Waals surface area contributed by atoms with Gasteiger partial charge >= 0.3 is 0 Å². The first-order valence-corrected chi connectivity index (χ1v) is 5.08. The topological polar surface area (TPSA) is 52.4 Å².